The van der Waals surface area contributed by atoms with Gasteiger partial charge in [0.05, 0.1) is 6.54 Å². The molecule has 0 saturated carbocycles. The van der Waals surface area contributed by atoms with Gasteiger partial charge in [0.25, 0.3) is 0 Å². The monoisotopic (exact) mass is 280 g/mol. The van der Waals surface area contributed by atoms with Crippen molar-refractivity contribution in [3.8, 4) is 0 Å². The summed E-state index contributed by atoms with van der Waals surface area (Å²) in [5.41, 5.74) is 0.665. The lowest BCUT2D eigenvalue weighted by molar-refractivity contribution is -0.121. The molecule has 7 heteroatoms. The molecule has 0 spiro atoms. The standard InChI is InChI=1S/C12H13ClN4O2/c13-9-4-1-8(2-5-9)3-6-11(18)14-7-10-15-12(19)17-16-10/h1-2,4-5H,3,6-7H2,(H,14,18)(H2,15,16,17,19). The van der Waals surface area contributed by atoms with Crippen LogP contribution in [0.4, 0.5) is 0 Å². The van der Waals surface area contributed by atoms with Crippen LogP contribution in [-0.4, -0.2) is 21.1 Å². The van der Waals surface area contributed by atoms with E-state index in [1.54, 1.807) is 12.1 Å². The summed E-state index contributed by atoms with van der Waals surface area (Å²) in [5.74, 6) is 0.309. The van der Waals surface area contributed by atoms with Gasteiger partial charge in [0, 0.05) is 11.4 Å². The molecular weight excluding hydrogens is 268 g/mol. The van der Waals surface area contributed by atoms with Crippen LogP contribution in [0.25, 0.3) is 0 Å². The number of aromatic amines is 2. The third-order valence-corrected chi connectivity index (χ3v) is 2.81. The SMILES string of the molecule is O=C(CCc1ccc(Cl)cc1)NCc1n[nH]c(=O)[nH]1. The molecule has 6 nitrogen and oxygen atoms in total. The van der Waals surface area contributed by atoms with Crippen LogP contribution in [0.15, 0.2) is 29.1 Å². The van der Waals surface area contributed by atoms with E-state index in [4.69, 9.17) is 11.6 Å². The number of benzene rings is 1. The highest BCUT2D eigenvalue weighted by Crippen LogP contribution is 2.10. The normalized spacial score (nSPS) is 10.4. The molecule has 1 heterocycles. The Balaban J connectivity index is 1.75. The van der Waals surface area contributed by atoms with Gasteiger partial charge in [-0.3, -0.25) is 9.78 Å². The molecule has 0 aliphatic rings. The van der Waals surface area contributed by atoms with E-state index in [-0.39, 0.29) is 18.1 Å². The first-order chi connectivity index (χ1) is 9.13. The minimum Gasteiger partial charge on any atom is -0.349 e. The van der Waals surface area contributed by atoms with Crippen molar-refractivity contribution in [1.82, 2.24) is 20.5 Å². The molecule has 3 N–H and O–H groups in total. The van der Waals surface area contributed by atoms with E-state index in [1.165, 1.54) is 0 Å². The Morgan fingerprint density at radius 3 is 2.68 bits per heavy atom. The molecule has 0 bridgehead atoms. The zero-order chi connectivity index (χ0) is 13.7. The van der Waals surface area contributed by atoms with Crippen LogP contribution in [0.2, 0.25) is 5.02 Å². The van der Waals surface area contributed by atoms with Gasteiger partial charge in [-0.05, 0) is 24.1 Å². The van der Waals surface area contributed by atoms with Crippen LogP contribution in [-0.2, 0) is 17.8 Å². The van der Waals surface area contributed by atoms with Gasteiger partial charge >= 0.3 is 5.69 Å². The Bertz CT molecular complexity index is 603. The zero-order valence-electron chi connectivity index (χ0n) is 10.1. The van der Waals surface area contributed by atoms with Gasteiger partial charge in [-0.15, -0.1) is 0 Å². The van der Waals surface area contributed by atoms with Gasteiger partial charge in [-0.1, -0.05) is 23.7 Å². The Kier molecular flexibility index (Phi) is 4.35. The van der Waals surface area contributed by atoms with E-state index in [0.29, 0.717) is 23.7 Å². The van der Waals surface area contributed by atoms with Crippen molar-refractivity contribution in [2.75, 3.05) is 0 Å². The number of nitrogens with one attached hydrogen (secondary N) is 3. The number of rotatable bonds is 5. The van der Waals surface area contributed by atoms with Crippen molar-refractivity contribution in [1.29, 1.82) is 0 Å². The van der Waals surface area contributed by atoms with Gasteiger partial charge in [0.2, 0.25) is 5.91 Å². The summed E-state index contributed by atoms with van der Waals surface area (Å²) in [7, 11) is 0. The molecular formula is C12H13ClN4O2. The first kappa shape index (κ1) is 13.4. The van der Waals surface area contributed by atoms with Gasteiger partial charge in [-0.2, -0.15) is 5.10 Å². The van der Waals surface area contributed by atoms with Crippen molar-refractivity contribution in [3.05, 3.63) is 51.2 Å². The molecule has 2 aromatic rings. The number of aryl methyl sites for hydroxylation is 1. The number of carbonyl (C=O) groups is 1. The van der Waals surface area contributed by atoms with Crippen LogP contribution in [0, 0.1) is 0 Å². The van der Waals surface area contributed by atoms with Crippen LogP contribution in [0.3, 0.4) is 0 Å². The average Bonchev–Trinajstić information content (AvgIpc) is 2.81. The molecule has 1 aromatic carbocycles. The molecule has 0 fully saturated rings. The molecule has 19 heavy (non-hydrogen) atoms. The Labute approximate surface area is 114 Å². The van der Waals surface area contributed by atoms with E-state index in [1.807, 2.05) is 12.1 Å². The lowest BCUT2D eigenvalue weighted by Crippen LogP contribution is -2.23. The Morgan fingerprint density at radius 1 is 1.32 bits per heavy atom. The number of H-pyrrole nitrogens is 2. The predicted molar refractivity (Wildman–Crippen MR) is 70.8 cm³/mol. The highest BCUT2D eigenvalue weighted by Gasteiger charge is 2.04. The summed E-state index contributed by atoms with van der Waals surface area (Å²) in [4.78, 5) is 24.8. The van der Waals surface area contributed by atoms with Crippen LogP contribution < -0.4 is 11.0 Å². The predicted octanol–water partition coefficient (Wildman–Crippen LogP) is 1.00. The fourth-order valence-electron chi connectivity index (χ4n) is 1.57. The minimum absolute atomic E-state index is 0.0983. The second-order valence-corrected chi connectivity index (χ2v) is 4.46. The molecule has 1 amide bonds. The van der Waals surface area contributed by atoms with E-state index < -0.39 is 0 Å². The van der Waals surface area contributed by atoms with E-state index in [0.717, 1.165) is 5.56 Å². The molecule has 0 aliphatic carbocycles. The number of aromatic nitrogens is 3. The number of nitrogens with zero attached hydrogens (tertiary/aromatic N) is 1. The largest absolute Gasteiger partial charge is 0.349 e. The molecule has 0 saturated heterocycles. The van der Waals surface area contributed by atoms with Crippen molar-refractivity contribution >= 4 is 17.5 Å². The third-order valence-electron chi connectivity index (χ3n) is 2.56. The summed E-state index contributed by atoms with van der Waals surface area (Å²) >= 11 is 5.78. The fourth-order valence-corrected chi connectivity index (χ4v) is 1.69. The molecule has 1 aromatic heterocycles. The van der Waals surface area contributed by atoms with Crippen molar-refractivity contribution < 1.29 is 4.79 Å². The lowest BCUT2D eigenvalue weighted by atomic mass is 10.1. The number of amides is 1. The maximum absolute atomic E-state index is 11.6. The summed E-state index contributed by atoms with van der Waals surface area (Å²) in [6.07, 6.45) is 1.01. The molecule has 0 atom stereocenters. The lowest BCUT2D eigenvalue weighted by Gasteiger charge is -2.03. The molecule has 0 aliphatic heterocycles. The van der Waals surface area contributed by atoms with Crippen LogP contribution >= 0.6 is 11.6 Å². The maximum atomic E-state index is 11.6. The molecule has 0 radical (unpaired) electrons. The smallest absolute Gasteiger partial charge is 0.340 e. The second kappa shape index (κ2) is 6.19. The minimum atomic E-state index is -0.384. The second-order valence-electron chi connectivity index (χ2n) is 4.03. The van der Waals surface area contributed by atoms with Gasteiger partial charge < -0.3 is 5.32 Å². The molecule has 2 rings (SSSR count). The third kappa shape index (κ3) is 4.26. The van der Waals surface area contributed by atoms with Crippen molar-refractivity contribution in [3.63, 3.8) is 0 Å². The van der Waals surface area contributed by atoms with E-state index >= 15 is 0 Å². The van der Waals surface area contributed by atoms with E-state index in [9.17, 15) is 9.59 Å². The summed E-state index contributed by atoms with van der Waals surface area (Å²) < 4.78 is 0. The quantitative estimate of drug-likeness (QED) is 0.763. The summed E-state index contributed by atoms with van der Waals surface area (Å²) in [6.45, 7) is 0.207. The number of halogens is 1. The number of carbonyl (C=O) groups excluding carboxylic acids is 1. The average molecular weight is 281 g/mol. The first-order valence-corrected chi connectivity index (χ1v) is 6.16. The fraction of sp³-hybridized carbons (Fsp3) is 0.250. The summed E-state index contributed by atoms with van der Waals surface area (Å²) in [6, 6.07) is 7.37. The highest BCUT2D eigenvalue weighted by atomic mass is 35.5. The van der Waals surface area contributed by atoms with Gasteiger partial charge in [0.1, 0.15) is 5.82 Å². The van der Waals surface area contributed by atoms with Crippen LogP contribution in [0.1, 0.15) is 17.8 Å². The first-order valence-electron chi connectivity index (χ1n) is 5.78. The van der Waals surface area contributed by atoms with E-state index in [2.05, 4.69) is 20.5 Å². The number of hydrogen-bond donors (Lipinski definition) is 3. The highest BCUT2D eigenvalue weighted by molar-refractivity contribution is 6.30. The Hall–Kier alpha value is -2.08. The molecule has 100 valence electrons. The topological polar surface area (TPSA) is 90.6 Å². The van der Waals surface area contributed by atoms with Crippen molar-refractivity contribution in [2.24, 2.45) is 0 Å². The molecule has 0 unspecified atom stereocenters. The number of hydrogen-bond acceptors (Lipinski definition) is 3. The summed E-state index contributed by atoms with van der Waals surface area (Å²) in [5, 5.41) is 9.28. The Morgan fingerprint density at radius 2 is 2.05 bits per heavy atom. The zero-order valence-corrected chi connectivity index (χ0v) is 10.8. The maximum Gasteiger partial charge on any atom is 0.340 e. The van der Waals surface area contributed by atoms with Gasteiger partial charge in [0.15, 0.2) is 0 Å². The van der Waals surface area contributed by atoms with Gasteiger partial charge in [-0.25, -0.2) is 9.89 Å². The van der Waals surface area contributed by atoms with Crippen LogP contribution in [0.5, 0.6) is 0 Å². The van der Waals surface area contributed by atoms with Crippen molar-refractivity contribution in [2.45, 2.75) is 19.4 Å².